The summed E-state index contributed by atoms with van der Waals surface area (Å²) in [4.78, 5) is 19.2. The highest BCUT2D eigenvalue weighted by Crippen LogP contribution is 2.20. The molecule has 2 unspecified atom stereocenters. The Hall–Kier alpha value is -0.610. The van der Waals surface area contributed by atoms with Crippen molar-refractivity contribution in [2.45, 2.75) is 44.2 Å². The smallest absolute Gasteiger partial charge is 0.239 e. The highest BCUT2D eigenvalue weighted by atomic mass is 16.2. The maximum Gasteiger partial charge on any atom is 0.239 e. The van der Waals surface area contributed by atoms with Gasteiger partial charge in [0.25, 0.3) is 0 Å². The molecule has 2 aliphatic heterocycles. The van der Waals surface area contributed by atoms with Crippen LogP contribution in [0.25, 0.3) is 0 Å². The molecule has 2 aliphatic rings. The zero-order valence-corrected chi connectivity index (χ0v) is 12.1. The highest BCUT2D eigenvalue weighted by Gasteiger charge is 2.32. The first-order valence-electron chi connectivity index (χ1n) is 7.25. The van der Waals surface area contributed by atoms with E-state index in [1.165, 1.54) is 19.3 Å². The molecule has 18 heavy (non-hydrogen) atoms. The van der Waals surface area contributed by atoms with E-state index >= 15 is 0 Å². The molecule has 0 aliphatic carbocycles. The second-order valence-corrected chi connectivity index (χ2v) is 6.04. The Morgan fingerprint density at radius 1 is 1.11 bits per heavy atom. The summed E-state index contributed by atoms with van der Waals surface area (Å²) in [7, 11) is 6.33. The summed E-state index contributed by atoms with van der Waals surface area (Å²) in [6, 6.07) is 0.677. The number of amides is 1. The predicted octanol–water partition coefficient (Wildman–Crippen LogP) is 1.02. The molecule has 0 saturated carbocycles. The van der Waals surface area contributed by atoms with Crippen LogP contribution in [0, 0.1) is 0 Å². The molecule has 0 aromatic carbocycles. The van der Waals surface area contributed by atoms with Crippen molar-refractivity contribution in [3.05, 3.63) is 0 Å². The molecule has 0 aromatic rings. The van der Waals surface area contributed by atoms with Crippen molar-refractivity contribution in [2.24, 2.45) is 0 Å². The van der Waals surface area contributed by atoms with E-state index in [1.54, 1.807) is 0 Å². The molecule has 0 radical (unpaired) electrons. The molecule has 1 amide bonds. The van der Waals surface area contributed by atoms with Gasteiger partial charge in [0.2, 0.25) is 5.91 Å². The molecule has 0 N–H and O–H groups in total. The van der Waals surface area contributed by atoms with Crippen LogP contribution in [0.5, 0.6) is 0 Å². The molecule has 104 valence electrons. The lowest BCUT2D eigenvalue weighted by Gasteiger charge is -2.40. The van der Waals surface area contributed by atoms with Crippen LogP contribution in [-0.2, 0) is 4.79 Å². The summed E-state index contributed by atoms with van der Waals surface area (Å²) >= 11 is 0. The minimum absolute atomic E-state index is 0.139. The van der Waals surface area contributed by atoms with Gasteiger partial charge in [0.15, 0.2) is 0 Å². The Morgan fingerprint density at radius 2 is 1.89 bits per heavy atom. The Balaban J connectivity index is 1.95. The monoisotopic (exact) mass is 253 g/mol. The van der Waals surface area contributed by atoms with E-state index in [0.717, 1.165) is 32.5 Å². The lowest BCUT2D eigenvalue weighted by molar-refractivity contribution is -0.139. The molecular formula is C14H27N3O. The number of nitrogens with zero attached hydrogens (tertiary/aromatic N) is 3. The first-order valence-corrected chi connectivity index (χ1v) is 7.25. The van der Waals surface area contributed by atoms with Crippen LogP contribution in [0.1, 0.15) is 32.1 Å². The second-order valence-electron chi connectivity index (χ2n) is 6.04. The number of hydrogen-bond donors (Lipinski definition) is 0. The van der Waals surface area contributed by atoms with Crippen molar-refractivity contribution in [1.29, 1.82) is 0 Å². The van der Waals surface area contributed by atoms with Crippen LogP contribution in [0.3, 0.4) is 0 Å². The Bertz CT molecular complexity index is 293. The van der Waals surface area contributed by atoms with Crippen molar-refractivity contribution >= 4 is 5.91 Å². The lowest BCUT2D eigenvalue weighted by atomic mass is 9.99. The molecule has 2 saturated heterocycles. The van der Waals surface area contributed by atoms with Gasteiger partial charge in [0, 0.05) is 19.1 Å². The van der Waals surface area contributed by atoms with E-state index in [-0.39, 0.29) is 6.04 Å². The van der Waals surface area contributed by atoms with Crippen molar-refractivity contribution in [3.63, 3.8) is 0 Å². The summed E-state index contributed by atoms with van der Waals surface area (Å²) in [5.74, 6) is 0.365. The van der Waals surface area contributed by atoms with Gasteiger partial charge in [-0.3, -0.25) is 9.69 Å². The summed E-state index contributed by atoms with van der Waals surface area (Å²) in [5, 5.41) is 0. The van der Waals surface area contributed by atoms with Gasteiger partial charge in [-0.05, 0) is 53.4 Å². The van der Waals surface area contributed by atoms with Crippen LogP contribution in [0.4, 0.5) is 0 Å². The first-order chi connectivity index (χ1) is 8.59. The fourth-order valence-electron chi connectivity index (χ4n) is 3.17. The minimum atomic E-state index is 0.139. The predicted molar refractivity (Wildman–Crippen MR) is 73.6 cm³/mol. The van der Waals surface area contributed by atoms with Crippen LogP contribution < -0.4 is 0 Å². The van der Waals surface area contributed by atoms with Crippen molar-refractivity contribution < 1.29 is 4.79 Å². The van der Waals surface area contributed by atoms with Gasteiger partial charge in [-0.1, -0.05) is 6.42 Å². The molecule has 4 heteroatoms. The molecule has 2 atom stereocenters. The van der Waals surface area contributed by atoms with E-state index in [1.807, 2.05) is 0 Å². The molecule has 2 rings (SSSR count). The number of likely N-dealkylation sites (N-methyl/N-ethyl adjacent to an activating group) is 2. The molecule has 0 spiro atoms. The standard InChI is InChI=1S/C14H27N3O/c1-15(2)12-7-6-10-17(11-12)14(18)13-8-4-5-9-16(13)3/h12-13H,4-11H2,1-3H3. The van der Waals surface area contributed by atoms with Gasteiger partial charge >= 0.3 is 0 Å². The molecule has 0 bridgehead atoms. The summed E-state index contributed by atoms with van der Waals surface area (Å²) in [5.41, 5.74) is 0. The number of rotatable bonds is 2. The van der Waals surface area contributed by atoms with E-state index in [9.17, 15) is 4.79 Å². The third-order valence-electron chi connectivity index (χ3n) is 4.49. The number of hydrogen-bond acceptors (Lipinski definition) is 3. The number of carbonyl (C=O) groups is 1. The van der Waals surface area contributed by atoms with Crippen LogP contribution in [-0.4, -0.2) is 73.5 Å². The first kappa shape index (κ1) is 13.8. The lowest BCUT2D eigenvalue weighted by Crippen LogP contribution is -2.54. The zero-order chi connectivity index (χ0) is 13.1. The van der Waals surface area contributed by atoms with Crippen LogP contribution >= 0.6 is 0 Å². The van der Waals surface area contributed by atoms with Gasteiger partial charge in [0.1, 0.15) is 0 Å². The summed E-state index contributed by atoms with van der Waals surface area (Å²) < 4.78 is 0. The maximum absolute atomic E-state index is 12.6. The summed E-state index contributed by atoms with van der Waals surface area (Å²) in [6.07, 6.45) is 5.84. The molecular weight excluding hydrogens is 226 g/mol. The quantitative estimate of drug-likeness (QED) is 0.735. The van der Waals surface area contributed by atoms with E-state index < -0.39 is 0 Å². The van der Waals surface area contributed by atoms with Crippen molar-refractivity contribution in [1.82, 2.24) is 14.7 Å². The van der Waals surface area contributed by atoms with E-state index in [2.05, 4.69) is 35.8 Å². The fraction of sp³-hybridized carbons (Fsp3) is 0.929. The topological polar surface area (TPSA) is 26.8 Å². The normalized spacial score (nSPS) is 30.8. The van der Waals surface area contributed by atoms with Crippen molar-refractivity contribution in [2.75, 3.05) is 40.8 Å². The number of piperidine rings is 2. The van der Waals surface area contributed by atoms with Gasteiger partial charge in [-0.25, -0.2) is 0 Å². The SMILES string of the molecule is CN(C)C1CCCN(C(=O)C2CCCCN2C)C1. The average molecular weight is 253 g/mol. The Morgan fingerprint density at radius 3 is 2.56 bits per heavy atom. The number of carbonyl (C=O) groups excluding carboxylic acids is 1. The minimum Gasteiger partial charge on any atom is -0.340 e. The molecule has 2 fully saturated rings. The second kappa shape index (κ2) is 6.02. The zero-order valence-electron chi connectivity index (χ0n) is 12.1. The maximum atomic E-state index is 12.6. The average Bonchev–Trinajstić information content (AvgIpc) is 2.38. The highest BCUT2D eigenvalue weighted by molar-refractivity contribution is 5.82. The van der Waals surface area contributed by atoms with Crippen molar-refractivity contribution in [3.8, 4) is 0 Å². The molecule has 4 nitrogen and oxygen atoms in total. The Kier molecular flexibility index (Phi) is 4.62. The molecule has 0 aromatic heterocycles. The van der Waals surface area contributed by atoms with Crippen LogP contribution in [0.15, 0.2) is 0 Å². The Labute approximate surface area is 111 Å². The third-order valence-corrected chi connectivity index (χ3v) is 4.49. The fourth-order valence-corrected chi connectivity index (χ4v) is 3.17. The third kappa shape index (κ3) is 3.04. The molecule has 2 heterocycles. The van der Waals surface area contributed by atoms with Gasteiger partial charge in [-0.2, -0.15) is 0 Å². The largest absolute Gasteiger partial charge is 0.340 e. The van der Waals surface area contributed by atoms with Gasteiger partial charge < -0.3 is 9.80 Å². The summed E-state index contributed by atoms with van der Waals surface area (Å²) in [6.45, 7) is 2.94. The van der Waals surface area contributed by atoms with Gasteiger partial charge in [0.05, 0.1) is 6.04 Å². The van der Waals surface area contributed by atoms with E-state index in [0.29, 0.717) is 11.9 Å². The van der Waals surface area contributed by atoms with Gasteiger partial charge in [-0.15, -0.1) is 0 Å². The van der Waals surface area contributed by atoms with E-state index in [4.69, 9.17) is 0 Å². The van der Waals surface area contributed by atoms with Crippen LogP contribution in [0.2, 0.25) is 0 Å². The number of likely N-dealkylation sites (tertiary alicyclic amines) is 2.